The van der Waals surface area contributed by atoms with Gasteiger partial charge in [0.1, 0.15) is 12.2 Å². The van der Waals surface area contributed by atoms with Crippen LogP contribution in [0.1, 0.15) is 12.0 Å². The number of hydrogen-bond acceptors (Lipinski definition) is 3. The molecule has 0 radical (unpaired) electrons. The molecule has 0 fully saturated rings. The lowest BCUT2D eigenvalue weighted by molar-refractivity contribution is -0.145. The third-order valence-corrected chi connectivity index (χ3v) is 1.71. The van der Waals surface area contributed by atoms with Crippen molar-refractivity contribution in [3.8, 4) is 5.75 Å². The Morgan fingerprint density at radius 1 is 1.18 bits per heavy atom. The Hall–Kier alpha value is -2.05. The molecule has 0 bridgehead atoms. The highest BCUT2D eigenvalue weighted by atomic mass is 19.4. The van der Waals surface area contributed by atoms with Gasteiger partial charge in [0.05, 0.1) is 5.56 Å². The Balaban J connectivity index is 2.69. The van der Waals surface area contributed by atoms with E-state index in [2.05, 4.69) is 4.74 Å². The van der Waals surface area contributed by atoms with Gasteiger partial charge < -0.3 is 9.84 Å². The second-order valence-electron chi connectivity index (χ2n) is 3.07. The summed E-state index contributed by atoms with van der Waals surface area (Å²) in [4.78, 5) is 21.0. The molecule has 1 aromatic carbocycles. The number of alkyl halides is 3. The predicted octanol–water partition coefficient (Wildman–Crippen LogP) is 2.09. The van der Waals surface area contributed by atoms with E-state index in [-0.39, 0.29) is 5.75 Å². The van der Waals surface area contributed by atoms with Crippen LogP contribution in [0.5, 0.6) is 5.75 Å². The monoisotopic (exact) mass is 248 g/mol. The summed E-state index contributed by atoms with van der Waals surface area (Å²) in [7, 11) is 0. The van der Waals surface area contributed by atoms with Gasteiger partial charge in [-0.2, -0.15) is 13.2 Å². The number of ether oxygens (including phenoxy) is 1. The number of hydrogen-bond donors (Lipinski definition) is 1. The topological polar surface area (TPSA) is 63.6 Å². The van der Waals surface area contributed by atoms with Gasteiger partial charge in [0.2, 0.25) is 0 Å². The van der Waals surface area contributed by atoms with Gasteiger partial charge in [-0.05, 0) is 24.3 Å². The van der Waals surface area contributed by atoms with Gasteiger partial charge in [0.15, 0.2) is 0 Å². The molecule has 0 spiro atoms. The fourth-order valence-electron chi connectivity index (χ4n) is 1.00. The van der Waals surface area contributed by atoms with Crippen LogP contribution < -0.4 is 4.74 Å². The molecule has 0 saturated heterocycles. The lowest BCUT2D eigenvalue weighted by Gasteiger charge is -2.07. The number of aliphatic carboxylic acids is 1. The van der Waals surface area contributed by atoms with Crippen molar-refractivity contribution in [1.82, 2.24) is 0 Å². The molecule has 92 valence electrons. The first-order valence-electron chi connectivity index (χ1n) is 4.39. The zero-order valence-corrected chi connectivity index (χ0v) is 8.32. The van der Waals surface area contributed by atoms with Crippen molar-refractivity contribution >= 4 is 11.9 Å². The van der Waals surface area contributed by atoms with E-state index in [0.29, 0.717) is 0 Å². The minimum absolute atomic E-state index is 0.135. The Labute approximate surface area is 93.6 Å². The molecule has 1 aromatic rings. The van der Waals surface area contributed by atoms with Crippen molar-refractivity contribution in [2.45, 2.75) is 12.6 Å². The molecular weight excluding hydrogens is 241 g/mol. The van der Waals surface area contributed by atoms with Crippen molar-refractivity contribution < 1.29 is 32.6 Å². The normalized spacial score (nSPS) is 11.0. The third-order valence-electron chi connectivity index (χ3n) is 1.71. The van der Waals surface area contributed by atoms with E-state index in [0.717, 1.165) is 24.3 Å². The average molecular weight is 248 g/mol. The highest BCUT2D eigenvalue weighted by Crippen LogP contribution is 2.30. The van der Waals surface area contributed by atoms with E-state index in [1.807, 2.05) is 0 Å². The maximum atomic E-state index is 12.2. The largest absolute Gasteiger partial charge is 0.481 e. The zero-order chi connectivity index (χ0) is 13.1. The predicted molar refractivity (Wildman–Crippen MR) is 49.3 cm³/mol. The van der Waals surface area contributed by atoms with Gasteiger partial charge >= 0.3 is 18.1 Å². The van der Waals surface area contributed by atoms with Crippen LogP contribution >= 0.6 is 0 Å². The van der Waals surface area contributed by atoms with E-state index < -0.39 is 30.1 Å². The molecule has 0 aromatic heterocycles. The van der Waals surface area contributed by atoms with Crippen LogP contribution in [-0.4, -0.2) is 17.0 Å². The minimum atomic E-state index is -4.47. The number of benzene rings is 1. The van der Waals surface area contributed by atoms with Crippen molar-refractivity contribution in [3.63, 3.8) is 0 Å². The Morgan fingerprint density at radius 2 is 1.71 bits per heavy atom. The second-order valence-corrected chi connectivity index (χ2v) is 3.07. The molecule has 17 heavy (non-hydrogen) atoms. The standard InChI is InChI=1S/C10H7F3O4/c11-10(12,13)6-1-3-7(4-2-6)17-9(16)5-8(14)15/h1-4H,5H2,(H,14,15). The molecule has 0 unspecified atom stereocenters. The molecule has 0 saturated carbocycles. The zero-order valence-electron chi connectivity index (χ0n) is 8.32. The first-order chi connectivity index (χ1) is 7.79. The van der Waals surface area contributed by atoms with Gasteiger partial charge in [-0.3, -0.25) is 9.59 Å². The Kier molecular flexibility index (Phi) is 3.72. The van der Waals surface area contributed by atoms with Crippen molar-refractivity contribution in [2.75, 3.05) is 0 Å². The fraction of sp³-hybridized carbons (Fsp3) is 0.200. The molecule has 0 aliphatic rings. The maximum absolute atomic E-state index is 12.2. The fourth-order valence-corrected chi connectivity index (χ4v) is 1.00. The molecule has 0 atom stereocenters. The summed E-state index contributed by atoms with van der Waals surface area (Å²) >= 11 is 0. The summed E-state index contributed by atoms with van der Waals surface area (Å²) in [6, 6.07) is 3.37. The number of esters is 1. The first kappa shape index (κ1) is 13.0. The number of carboxylic acids is 1. The van der Waals surface area contributed by atoms with Crippen LogP contribution in [0.15, 0.2) is 24.3 Å². The number of carbonyl (C=O) groups excluding carboxylic acids is 1. The number of halogens is 3. The van der Waals surface area contributed by atoms with Crippen LogP contribution in [-0.2, 0) is 15.8 Å². The Bertz CT molecular complexity index is 422. The molecule has 1 rings (SSSR count). The molecule has 0 amide bonds. The van der Waals surface area contributed by atoms with Crippen LogP contribution in [0.4, 0.5) is 13.2 Å². The summed E-state index contributed by atoms with van der Waals surface area (Å²) < 4.78 is 41.0. The molecule has 0 aliphatic carbocycles. The second kappa shape index (κ2) is 4.86. The molecule has 0 heterocycles. The highest BCUT2D eigenvalue weighted by Gasteiger charge is 2.30. The van der Waals surface area contributed by atoms with Gasteiger partial charge in [0, 0.05) is 0 Å². The van der Waals surface area contributed by atoms with Crippen LogP contribution in [0, 0.1) is 0 Å². The maximum Gasteiger partial charge on any atom is 0.416 e. The SMILES string of the molecule is O=C(O)CC(=O)Oc1ccc(C(F)(F)F)cc1. The van der Waals surface area contributed by atoms with Crippen LogP contribution in [0.2, 0.25) is 0 Å². The van der Waals surface area contributed by atoms with Crippen LogP contribution in [0.3, 0.4) is 0 Å². The minimum Gasteiger partial charge on any atom is -0.481 e. The summed E-state index contributed by atoms with van der Waals surface area (Å²) in [5.41, 5.74) is -0.879. The van der Waals surface area contributed by atoms with Gasteiger partial charge in [0.25, 0.3) is 0 Å². The molecular formula is C10H7F3O4. The Morgan fingerprint density at radius 3 is 2.12 bits per heavy atom. The number of rotatable bonds is 3. The highest BCUT2D eigenvalue weighted by molar-refractivity contribution is 5.91. The average Bonchev–Trinajstić information content (AvgIpc) is 2.15. The van der Waals surface area contributed by atoms with Crippen molar-refractivity contribution in [1.29, 1.82) is 0 Å². The quantitative estimate of drug-likeness (QED) is 0.505. The summed E-state index contributed by atoms with van der Waals surface area (Å²) in [5.74, 6) is -2.55. The summed E-state index contributed by atoms with van der Waals surface area (Å²) in [6.07, 6.45) is -5.31. The van der Waals surface area contributed by atoms with Crippen molar-refractivity contribution in [2.24, 2.45) is 0 Å². The van der Waals surface area contributed by atoms with Crippen molar-refractivity contribution in [3.05, 3.63) is 29.8 Å². The van der Waals surface area contributed by atoms with E-state index in [4.69, 9.17) is 5.11 Å². The third kappa shape index (κ3) is 4.13. The van der Waals surface area contributed by atoms with E-state index in [1.54, 1.807) is 0 Å². The number of carboxylic acid groups (broad SMARTS) is 1. The van der Waals surface area contributed by atoms with Gasteiger partial charge in [-0.15, -0.1) is 0 Å². The molecule has 4 nitrogen and oxygen atoms in total. The first-order valence-corrected chi connectivity index (χ1v) is 4.39. The molecule has 1 N–H and O–H groups in total. The van der Waals surface area contributed by atoms with E-state index in [1.165, 1.54) is 0 Å². The lowest BCUT2D eigenvalue weighted by atomic mass is 10.2. The smallest absolute Gasteiger partial charge is 0.416 e. The van der Waals surface area contributed by atoms with E-state index >= 15 is 0 Å². The number of carbonyl (C=O) groups is 2. The molecule has 0 aliphatic heterocycles. The lowest BCUT2D eigenvalue weighted by Crippen LogP contribution is -2.13. The summed E-state index contributed by atoms with van der Waals surface area (Å²) in [5, 5.41) is 8.26. The van der Waals surface area contributed by atoms with Gasteiger partial charge in [-0.1, -0.05) is 0 Å². The summed E-state index contributed by atoms with van der Waals surface area (Å²) in [6.45, 7) is 0. The van der Waals surface area contributed by atoms with Crippen LogP contribution in [0.25, 0.3) is 0 Å². The van der Waals surface area contributed by atoms with Gasteiger partial charge in [-0.25, -0.2) is 0 Å². The van der Waals surface area contributed by atoms with E-state index in [9.17, 15) is 22.8 Å². The molecule has 7 heteroatoms.